The Hall–Kier alpha value is -1.71. The second-order valence-corrected chi connectivity index (χ2v) is 4.76. The van der Waals surface area contributed by atoms with Crippen LogP contribution in [-0.4, -0.2) is 16.9 Å². The predicted molar refractivity (Wildman–Crippen MR) is 63.8 cm³/mol. The van der Waals surface area contributed by atoms with Crippen LogP contribution in [0.2, 0.25) is 0 Å². The minimum absolute atomic E-state index is 0.0710. The smallest absolute Gasteiger partial charge is 0.306 e. The number of ketones is 1. The molecule has 0 amide bonds. The van der Waals surface area contributed by atoms with Gasteiger partial charge in [-0.25, -0.2) is 4.39 Å². The molecular formula is C14H15FO3. The van der Waals surface area contributed by atoms with Crippen molar-refractivity contribution in [3.8, 4) is 0 Å². The van der Waals surface area contributed by atoms with Crippen molar-refractivity contribution in [3.63, 3.8) is 0 Å². The fourth-order valence-corrected chi connectivity index (χ4v) is 2.48. The molecule has 0 bridgehead atoms. The van der Waals surface area contributed by atoms with Crippen LogP contribution in [0.3, 0.4) is 0 Å². The zero-order chi connectivity index (χ0) is 13.1. The van der Waals surface area contributed by atoms with Crippen LogP contribution in [0.5, 0.6) is 0 Å². The van der Waals surface area contributed by atoms with E-state index in [-0.39, 0.29) is 17.6 Å². The summed E-state index contributed by atoms with van der Waals surface area (Å²) in [5.74, 6) is -1.77. The highest BCUT2D eigenvalue weighted by Gasteiger charge is 2.30. The number of halogens is 1. The van der Waals surface area contributed by atoms with Crippen LogP contribution in [0.15, 0.2) is 24.3 Å². The van der Waals surface area contributed by atoms with Gasteiger partial charge in [0.2, 0.25) is 0 Å². The summed E-state index contributed by atoms with van der Waals surface area (Å²) >= 11 is 0. The first-order valence-electron chi connectivity index (χ1n) is 6.10. The largest absolute Gasteiger partial charge is 0.481 e. The van der Waals surface area contributed by atoms with Crippen molar-refractivity contribution < 1.29 is 19.1 Å². The standard InChI is InChI=1S/C14H15FO3/c15-12-3-1-2-11(8-12)13(16)9-4-6-10(7-5-9)14(17)18/h1-3,8-10H,4-7H2,(H,17,18). The first-order chi connectivity index (χ1) is 8.58. The monoisotopic (exact) mass is 250 g/mol. The van der Waals surface area contributed by atoms with Crippen LogP contribution in [0.1, 0.15) is 36.0 Å². The molecule has 0 atom stereocenters. The molecule has 0 heterocycles. The summed E-state index contributed by atoms with van der Waals surface area (Å²) in [6.45, 7) is 0. The second-order valence-electron chi connectivity index (χ2n) is 4.76. The summed E-state index contributed by atoms with van der Waals surface area (Å²) in [6, 6.07) is 5.67. The summed E-state index contributed by atoms with van der Waals surface area (Å²) in [5, 5.41) is 8.88. The normalized spacial score (nSPS) is 23.6. The lowest BCUT2D eigenvalue weighted by Crippen LogP contribution is -2.25. The minimum Gasteiger partial charge on any atom is -0.481 e. The summed E-state index contributed by atoms with van der Waals surface area (Å²) in [5.41, 5.74) is 0.383. The molecule has 2 rings (SSSR count). The molecule has 4 heteroatoms. The number of aliphatic carboxylic acids is 1. The highest BCUT2D eigenvalue weighted by molar-refractivity contribution is 5.97. The minimum atomic E-state index is -0.786. The zero-order valence-electron chi connectivity index (χ0n) is 9.93. The summed E-state index contributed by atoms with van der Waals surface area (Å²) in [7, 11) is 0. The first kappa shape index (κ1) is 12.7. The molecule has 0 spiro atoms. The molecule has 0 saturated heterocycles. The number of carbonyl (C=O) groups is 2. The lowest BCUT2D eigenvalue weighted by Gasteiger charge is -2.25. The molecule has 1 aromatic carbocycles. The number of carbonyl (C=O) groups excluding carboxylic acids is 1. The first-order valence-corrected chi connectivity index (χ1v) is 6.10. The average Bonchev–Trinajstić information content (AvgIpc) is 2.38. The molecule has 3 nitrogen and oxygen atoms in total. The Labute approximate surface area is 105 Å². The fourth-order valence-electron chi connectivity index (χ4n) is 2.48. The van der Waals surface area contributed by atoms with Crippen molar-refractivity contribution in [2.45, 2.75) is 25.7 Å². The van der Waals surface area contributed by atoms with E-state index in [2.05, 4.69) is 0 Å². The lowest BCUT2D eigenvalue weighted by atomic mass is 9.78. The van der Waals surface area contributed by atoms with Crippen molar-refractivity contribution in [2.24, 2.45) is 11.8 Å². The Morgan fingerprint density at radius 1 is 1.11 bits per heavy atom. The Morgan fingerprint density at radius 2 is 1.72 bits per heavy atom. The van der Waals surface area contributed by atoms with Gasteiger partial charge in [0.25, 0.3) is 0 Å². The number of hydrogen-bond donors (Lipinski definition) is 1. The number of carboxylic acids is 1. The third-order valence-corrected chi connectivity index (χ3v) is 3.56. The predicted octanol–water partition coefficient (Wildman–Crippen LogP) is 2.90. The maximum Gasteiger partial charge on any atom is 0.306 e. The third kappa shape index (κ3) is 2.75. The third-order valence-electron chi connectivity index (χ3n) is 3.56. The molecule has 96 valence electrons. The van der Waals surface area contributed by atoms with Crippen LogP contribution in [0.25, 0.3) is 0 Å². The van der Waals surface area contributed by atoms with Gasteiger partial charge >= 0.3 is 5.97 Å². The number of benzene rings is 1. The van der Waals surface area contributed by atoms with Gasteiger partial charge < -0.3 is 5.11 Å². The zero-order valence-corrected chi connectivity index (χ0v) is 9.93. The van der Waals surface area contributed by atoms with Crippen LogP contribution < -0.4 is 0 Å². The van der Waals surface area contributed by atoms with E-state index in [1.165, 1.54) is 18.2 Å². The van der Waals surface area contributed by atoms with Gasteiger partial charge in [0.1, 0.15) is 5.82 Å². The van der Waals surface area contributed by atoms with Gasteiger partial charge in [-0.05, 0) is 37.8 Å². The van der Waals surface area contributed by atoms with E-state index in [1.807, 2.05) is 0 Å². The maximum atomic E-state index is 13.0. The Balaban J connectivity index is 2.02. The molecular weight excluding hydrogens is 235 g/mol. The number of hydrogen-bond acceptors (Lipinski definition) is 2. The fraction of sp³-hybridized carbons (Fsp3) is 0.429. The van der Waals surface area contributed by atoms with Crippen molar-refractivity contribution in [1.29, 1.82) is 0 Å². The summed E-state index contributed by atoms with van der Waals surface area (Å²) < 4.78 is 13.0. The SMILES string of the molecule is O=C(O)C1CCC(C(=O)c2cccc(F)c2)CC1. The highest BCUT2D eigenvalue weighted by atomic mass is 19.1. The Kier molecular flexibility index (Phi) is 3.75. The number of Topliss-reactive ketones (excluding diaryl/α,β-unsaturated/α-hetero) is 1. The van der Waals surface area contributed by atoms with E-state index in [0.29, 0.717) is 31.2 Å². The molecule has 1 fully saturated rings. The molecule has 1 N–H and O–H groups in total. The van der Waals surface area contributed by atoms with E-state index >= 15 is 0 Å². The van der Waals surface area contributed by atoms with Crippen LogP contribution >= 0.6 is 0 Å². The van der Waals surface area contributed by atoms with E-state index in [0.717, 1.165) is 0 Å². The van der Waals surface area contributed by atoms with Gasteiger partial charge in [-0.3, -0.25) is 9.59 Å². The van der Waals surface area contributed by atoms with Gasteiger partial charge in [-0.1, -0.05) is 12.1 Å². The van der Waals surface area contributed by atoms with Crippen molar-refractivity contribution in [3.05, 3.63) is 35.6 Å². The molecule has 0 aromatic heterocycles. The van der Waals surface area contributed by atoms with Crippen molar-refractivity contribution in [2.75, 3.05) is 0 Å². The molecule has 18 heavy (non-hydrogen) atoms. The van der Waals surface area contributed by atoms with E-state index < -0.39 is 11.8 Å². The molecule has 1 aliphatic rings. The molecule has 1 aliphatic carbocycles. The van der Waals surface area contributed by atoms with E-state index in [4.69, 9.17) is 5.11 Å². The molecule has 0 aliphatic heterocycles. The van der Waals surface area contributed by atoms with Gasteiger partial charge in [0, 0.05) is 11.5 Å². The van der Waals surface area contributed by atoms with Crippen LogP contribution in [0.4, 0.5) is 4.39 Å². The summed E-state index contributed by atoms with van der Waals surface area (Å²) in [6.07, 6.45) is 2.21. The molecule has 0 unspecified atom stereocenters. The molecule has 0 radical (unpaired) electrons. The van der Waals surface area contributed by atoms with Gasteiger partial charge in [0.15, 0.2) is 5.78 Å². The van der Waals surface area contributed by atoms with Crippen LogP contribution in [0, 0.1) is 17.7 Å². The highest BCUT2D eigenvalue weighted by Crippen LogP contribution is 2.31. The van der Waals surface area contributed by atoms with Crippen LogP contribution in [-0.2, 0) is 4.79 Å². The molecule has 1 aromatic rings. The summed E-state index contributed by atoms with van der Waals surface area (Å²) in [4.78, 5) is 22.9. The average molecular weight is 250 g/mol. The Morgan fingerprint density at radius 3 is 2.28 bits per heavy atom. The van der Waals surface area contributed by atoms with Crippen molar-refractivity contribution >= 4 is 11.8 Å². The van der Waals surface area contributed by atoms with Gasteiger partial charge in [0.05, 0.1) is 5.92 Å². The van der Waals surface area contributed by atoms with Gasteiger partial charge in [-0.2, -0.15) is 0 Å². The number of carboxylic acid groups (broad SMARTS) is 1. The second kappa shape index (κ2) is 5.29. The lowest BCUT2D eigenvalue weighted by molar-refractivity contribution is -0.143. The maximum absolute atomic E-state index is 13.0. The number of rotatable bonds is 3. The quantitative estimate of drug-likeness (QED) is 0.839. The topological polar surface area (TPSA) is 54.4 Å². The Bertz CT molecular complexity index is 462. The van der Waals surface area contributed by atoms with E-state index in [1.54, 1.807) is 6.07 Å². The molecule has 1 saturated carbocycles. The van der Waals surface area contributed by atoms with Crippen molar-refractivity contribution in [1.82, 2.24) is 0 Å². The van der Waals surface area contributed by atoms with Gasteiger partial charge in [-0.15, -0.1) is 0 Å². The van der Waals surface area contributed by atoms with E-state index in [9.17, 15) is 14.0 Å².